The van der Waals surface area contributed by atoms with Crippen LogP contribution in [-0.4, -0.2) is 5.78 Å². The first-order chi connectivity index (χ1) is 10.1. The fraction of sp³-hybridized carbons (Fsp3) is 0.278. The molecular formula is C18H18N2O. The van der Waals surface area contributed by atoms with E-state index < -0.39 is 5.66 Å². The summed E-state index contributed by atoms with van der Waals surface area (Å²) in [5.74, 6) is 0.356. The molecule has 0 spiro atoms. The van der Waals surface area contributed by atoms with E-state index in [1.54, 1.807) is 0 Å². The maximum absolute atomic E-state index is 12.5. The minimum atomic E-state index is -0.436. The number of nitrogens with one attached hydrogen (secondary N) is 2. The van der Waals surface area contributed by atoms with Gasteiger partial charge in [-0.2, -0.15) is 0 Å². The number of Topliss-reactive ketones (excluding diaryl/α,β-unsaturated/α-hetero) is 1. The van der Waals surface area contributed by atoms with Crippen LogP contribution in [0.3, 0.4) is 0 Å². The molecule has 0 aromatic heterocycles. The van der Waals surface area contributed by atoms with E-state index in [4.69, 9.17) is 0 Å². The Bertz CT molecular complexity index is 726. The van der Waals surface area contributed by atoms with Gasteiger partial charge in [0.1, 0.15) is 5.66 Å². The number of para-hydroxylation sites is 2. The Morgan fingerprint density at radius 1 is 1.05 bits per heavy atom. The average molecular weight is 278 g/mol. The zero-order valence-electron chi connectivity index (χ0n) is 12.2. The number of fused-ring (bicyclic) bond motifs is 2. The summed E-state index contributed by atoms with van der Waals surface area (Å²) in [5.41, 5.74) is 4.85. The summed E-state index contributed by atoms with van der Waals surface area (Å²) in [5, 5.41) is 7.06. The van der Waals surface area contributed by atoms with Crippen molar-refractivity contribution in [3.05, 3.63) is 59.2 Å². The molecule has 1 aliphatic heterocycles. The molecular weight excluding hydrogens is 260 g/mol. The fourth-order valence-electron chi connectivity index (χ4n) is 3.55. The Balaban J connectivity index is 1.83. The van der Waals surface area contributed by atoms with Gasteiger partial charge < -0.3 is 10.6 Å². The first-order valence-electron chi connectivity index (χ1n) is 7.40. The fourth-order valence-corrected chi connectivity index (χ4v) is 3.55. The van der Waals surface area contributed by atoms with Gasteiger partial charge in [-0.1, -0.05) is 37.3 Å². The second-order valence-corrected chi connectivity index (χ2v) is 6.23. The molecule has 0 saturated heterocycles. The summed E-state index contributed by atoms with van der Waals surface area (Å²) < 4.78 is 0. The number of anilines is 2. The molecule has 2 aliphatic rings. The van der Waals surface area contributed by atoms with E-state index in [1.807, 2.05) is 19.1 Å². The van der Waals surface area contributed by atoms with Crippen LogP contribution in [0, 0.1) is 5.92 Å². The number of rotatable bonds is 1. The predicted octanol–water partition coefficient (Wildman–Crippen LogP) is 3.77. The first kappa shape index (κ1) is 12.5. The summed E-state index contributed by atoms with van der Waals surface area (Å²) in [6, 6.07) is 14.3. The molecule has 0 fully saturated rings. The minimum Gasteiger partial charge on any atom is -0.358 e. The van der Waals surface area contributed by atoms with Crippen LogP contribution in [0.4, 0.5) is 11.4 Å². The predicted molar refractivity (Wildman–Crippen MR) is 84.7 cm³/mol. The van der Waals surface area contributed by atoms with Crippen LogP contribution in [0.15, 0.2) is 42.5 Å². The third-order valence-corrected chi connectivity index (χ3v) is 4.61. The molecule has 0 saturated carbocycles. The van der Waals surface area contributed by atoms with Gasteiger partial charge in [-0.3, -0.25) is 4.79 Å². The molecule has 2 aromatic carbocycles. The zero-order valence-corrected chi connectivity index (χ0v) is 12.2. The van der Waals surface area contributed by atoms with Gasteiger partial charge >= 0.3 is 0 Å². The van der Waals surface area contributed by atoms with Crippen molar-refractivity contribution in [1.29, 1.82) is 0 Å². The van der Waals surface area contributed by atoms with Crippen LogP contribution in [0.1, 0.15) is 35.3 Å². The van der Waals surface area contributed by atoms with Gasteiger partial charge in [0.15, 0.2) is 5.78 Å². The lowest BCUT2D eigenvalue weighted by molar-refractivity contribution is 0.0944. The lowest BCUT2D eigenvalue weighted by atomic mass is 9.93. The largest absolute Gasteiger partial charge is 0.358 e. The standard InChI is InChI=1S/C18H18N2O/c1-11-10-12-6-5-7-13(16(12)17(11)21)18(2)19-14-8-3-4-9-15(14)20-18/h3-9,11,19-20H,10H2,1-2H3. The monoisotopic (exact) mass is 278 g/mol. The number of carbonyl (C=O) groups excluding carboxylic acids is 1. The van der Waals surface area contributed by atoms with E-state index in [-0.39, 0.29) is 11.7 Å². The maximum Gasteiger partial charge on any atom is 0.166 e. The molecule has 0 amide bonds. The summed E-state index contributed by atoms with van der Waals surface area (Å²) in [6.45, 7) is 4.11. The normalized spacial score (nSPS) is 21.4. The van der Waals surface area contributed by atoms with Crippen molar-refractivity contribution >= 4 is 17.2 Å². The van der Waals surface area contributed by atoms with Crippen LogP contribution in [-0.2, 0) is 12.1 Å². The SMILES string of the molecule is CC1Cc2cccc(C3(C)Nc4ccccc4N3)c2C1=O. The number of hydrogen-bond donors (Lipinski definition) is 2. The molecule has 0 radical (unpaired) electrons. The highest BCUT2D eigenvalue weighted by atomic mass is 16.1. The molecule has 3 heteroatoms. The molecule has 106 valence electrons. The molecule has 3 nitrogen and oxygen atoms in total. The topological polar surface area (TPSA) is 41.1 Å². The van der Waals surface area contributed by atoms with Crippen LogP contribution >= 0.6 is 0 Å². The van der Waals surface area contributed by atoms with Crippen molar-refractivity contribution in [1.82, 2.24) is 0 Å². The summed E-state index contributed by atoms with van der Waals surface area (Å²) >= 11 is 0. The molecule has 21 heavy (non-hydrogen) atoms. The third kappa shape index (κ3) is 1.70. The first-order valence-corrected chi connectivity index (χ1v) is 7.40. The van der Waals surface area contributed by atoms with Gasteiger partial charge in [0.25, 0.3) is 0 Å². The van der Waals surface area contributed by atoms with Crippen LogP contribution < -0.4 is 10.6 Å². The summed E-state index contributed by atoms with van der Waals surface area (Å²) in [7, 11) is 0. The zero-order chi connectivity index (χ0) is 14.6. The number of carbonyl (C=O) groups is 1. The highest BCUT2D eigenvalue weighted by Gasteiger charge is 2.39. The van der Waals surface area contributed by atoms with Crippen LogP contribution in [0.2, 0.25) is 0 Å². The molecule has 1 heterocycles. The van der Waals surface area contributed by atoms with Gasteiger partial charge in [-0.25, -0.2) is 0 Å². The molecule has 0 bridgehead atoms. The van der Waals surface area contributed by atoms with Crippen LogP contribution in [0.25, 0.3) is 0 Å². The van der Waals surface area contributed by atoms with E-state index in [0.29, 0.717) is 0 Å². The van der Waals surface area contributed by atoms with Gasteiger partial charge in [0.2, 0.25) is 0 Å². The van der Waals surface area contributed by atoms with Gasteiger partial charge in [-0.05, 0) is 31.0 Å². The van der Waals surface area contributed by atoms with E-state index in [1.165, 1.54) is 5.56 Å². The van der Waals surface area contributed by atoms with E-state index >= 15 is 0 Å². The summed E-state index contributed by atoms with van der Waals surface area (Å²) in [4.78, 5) is 12.5. The van der Waals surface area contributed by atoms with Crippen molar-refractivity contribution < 1.29 is 4.79 Å². The Morgan fingerprint density at radius 2 is 1.71 bits per heavy atom. The second kappa shape index (κ2) is 4.10. The Hall–Kier alpha value is -2.29. The van der Waals surface area contributed by atoms with Crippen molar-refractivity contribution in [3.63, 3.8) is 0 Å². The second-order valence-electron chi connectivity index (χ2n) is 6.23. The Morgan fingerprint density at radius 3 is 2.38 bits per heavy atom. The van der Waals surface area contributed by atoms with Crippen LogP contribution in [0.5, 0.6) is 0 Å². The molecule has 2 N–H and O–H groups in total. The molecule has 1 aliphatic carbocycles. The van der Waals surface area contributed by atoms with Crippen molar-refractivity contribution in [2.75, 3.05) is 10.6 Å². The lowest BCUT2D eigenvalue weighted by Gasteiger charge is -2.28. The smallest absolute Gasteiger partial charge is 0.166 e. The van der Waals surface area contributed by atoms with E-state index in [2.05, 4.69) is 47.9 Å². The quantitative estimate of drug-likeness (QED) is 0.834. The van der Waals surface area contributed by atoms with Gasteiger partial charge in [-0.15, -0.1) is 0 Å². The van der Waals surface area contributed by atoms with Gasteiger partial charge in [0.05, 0.1) is 11.4 Å². The molecule has 4 rings (SSSR count). The van der Waals surface area contributed by atoms with Crippen molar-refractivity contribution in [2.24, 2.45) is 5.92 Å². The average Bonchev–Trinajstić information content (AvgIpc) is 2.97. The highest BCUT2D eigenvalue weighted by Crippen LogP contribution is 2.42. The third-order valence-electron chi connectivity index (χ3n) is 4.61. The van der Waals surface area contributed by atoms with E-state index in [9.17, 15) is 4.79 Å². The Labute approximate surface area is 124 Å². The van der Waals surface area contributed by atoms with Crippen molar-refractivity contribution in [3.8, 4) is 0 Å². The van der Waals surface area contributed by atoms with E-state index in [0.717, 1.165) is 28.9 Å². The number of benzene rings is 2. The number of ketones is 1. The molecule has 1 atom stereocenters. The lowest BCUT2D eigenvalue weighted by Crippen LogP contribution is -2.36. The summed E-state index contributed by atoms with van der Waals surface area (Å²) in [6.07, 6.45) is 0.852. The number of hydrogen-bond acceptors (Lipinski definition) is 3. The minimum absolute atomic E-state index is 0.0912. The molecule has 2 aromatic rings. The highest BCUT2D eigenvalue weighted by molar-refractivity contribution is 6.04. The van der Waals surface area contributed by atoms with Gasteiger partial charge in [0, 0.05) is 17.0 Å². The van der Waals surface area contributed by atoms with Crippen molar-refractivity contribution in [2.45, 2.75) is 25.9 Å². The maximum atomic E-state index is 12.5. The molecule has 1 unspecified atom stereocenters. The Kier molecular flexibility index (Phi) is 2.43.